The normalized spacial score (nSPS) is 21.9. The number of piperidine rings is 1. The molecule has 3 saturated heterocycles. The molecule has 206 valence electrons. The van der Waals surface area contributed by atoms with Crippen molar-refractivity contribution in [1.29, 1.82) is 0 Å². The first-order valence-corrected chi connectivity index (χ1v) is 14.6. The lowest BCUT2D eigenvalue weighted by molar-refractivity contribution is 0.101. The summed E-state index contributed by atoms with van der Waals surface area (Å²) in [7, 11) is 2.10. The summed E-state index contributed by atoms with van der Waals surface area (Å²) >= 11 is 12.8. The maximum Gasteiger partial charge on any atom is 0.180 e. The van der Waals surface area contributed by atoms with E-state index in [1.165, 1.54) is 12.8 Å². The van der Waals surface area contributed by atoms with Crippen molar-refractivity contribution in [2.75, 3.05) is 64.4 Å². The van der Waals surface area contributed by atoms with Crippen LogP contribution in [0.5, 0.6) is 0 Å². The van der Waals surface area contributed by atoms with Gasteiger partial charge in [-0.2, -0.15) is 5.10 Å². The first kappa shape index (κ1) is 26.8. The molecule has 8 nitrogen and oxygen atoms in total. The summed E-state index contributed by atoms with van der Waals surface area (Å²) in [5.41, 5.74) is 3.02. The van der Waals surface area contributed by atoms with Crippen molar-refractivity contribution in [3.8, 4) is 11.8 Å². The minimum Gasteiger partial charge on any atom is -0.395 e. The smallest absolute Gasteiger partial charge is 0.180 e. The molecule has 1 N–H and O–H groups in total. The highest BCUT2D eigenvalue weighted by Gasteiger charge is 2.36. The number of aliphatic hydroxyl groups is 1. The number of hydrogen-bond acceptors (Lipinski definition) is 7. The molecule has 2 aromatic heterocycles. The summed E-state index contributed by atoms with van der Waals surface area (Å²) < 4.78 is 1.91. The SMILES string of the molecule is C[C@H](c1ccc(Cl)cc1Cl)n1nc(C#CC2CN(C)C2)c2ncc(N3CC([C@H]4CCCN(CCO)C4)C3)nc21. The van der Waals surface area contributed by atoms with E-state index >= 15 is 0 Å². The van der Waals surface area contributed by atoms with Crippen molar-refractivity contribution in [2.45, 2.75) is 25.8 Å². The summed E-state index contributed by atoms with van der Waals surface area (Å²) in [5.74, 6) is 9.22. The highest BCUT2D eigenvalue weighted by molar-refractivity contribution is 6.35. The Morgan fingerprint density at radius 2 is 1.95 bits per heavy atom. The van der Waals surface area contributed by atoms with Gasteiger partial charge >= 0.3 is 0 Å². The molecular weight excluding hydrogens is 533 g/mol. The Balaban J connectivity index is 1.27. The minimum absolute atomic E-state index is 0.170. The predicted molar refractivity (Wildman–Crippen MR) is 155 cm³/mol. The van der Waals surface area contributed by atoms with E-state index < -0.39 is 0 Å². The summed E-state index contributed by atoms with van der Waals surface area (Å²) in [4.78, 5) is 16.9. The van der Waals surface area contributed by atoms with Gasteiger partial charge in [0.1, 0.15) is 11.3 Å². The molecule has 0 saturated carbocycles. The quantitative estimate of drug-likeness (QED) is 0.454. The van der Waals surface area contributed by atoms with Crippen LogP contribution in [0, 0.1) is 29.6 Å². The zero-order chi connectivity index (χ0) is 27.1. The number of halogens is 2. The Morgan fingerprint density at radius 3 is 2.69 bits per heavy atom. The topological polar surface area (TPSA) is 73.6 Å². The van der Waals surface area contributed by atoms with Crippen LogP contribution in [0.3, 0.4) is 0 Å². The second-order valence-corrected chi connectivity index (χ2v) is 12.2. The minimum atomic E-state index is -0.170. The molecule has 3 aliphatic heterocycles. The van der Waals surface area contributed by atoms with Crippen molar-refractivity contribution in [1.82, 2.24) is 29.5 Å². The van der Waals surface area contributed by atoms with Crippen LogP contribution in [-0.2, 0) is 0 Å². The Kier molecular flexibility index (Phi) is 7.71. The van der Waals surface area contributed by atoms with Gasteiger partial charge in [-0.05, 0) is 68.8 Å². The second kappa shape index (κ2) is 11.2. The molecule has 39 heavy (non-hydrogen) atoms. The Bertz CT molecular complexity index is 1400. The lowest BCUT2D eigenvalue weighted by Crippen LogP contribution is -2.54. The molecule has 0 bridgehead atoms. The fourth-order valence-electron chi connectivity index (χ4n) is 6.16. The fourth-order valence-corrected chi connectivity index (χ4v) is 6.72. The Labute approximate surface area is 239 Å². The summed E-state index contributed by atoms with van der Waals surface area (Å²) in [6.07, 6.45) is 4.33. The maximum atomic E-state index is 9.35. The van der Waals surface area contributed by atoms with Gasteiger partial charge in [0.2, 0.25) is 0 Å². The summed E-state index contributed by atoms with van der Waals surface area (Å²) in [5, 5.41) is 15.5. The van der Waals surface area contributed by atoms with Crippen LogP contribution in [0.15, 0.2) is 24.4 Å². The highest BCUT2D eigenvalue weighted by atomic mass is 35.5. The van der Waals surface area contributed by atoms with Gasteiger partial charge in [-0.15, -0.1) is 0 Å². The number of hydrogen-bond donors (Lipinski definition) is 1. The van der Waals surface area contributed by atoms with Crippen LogP contribution in [0.1, 0.15) is 37.1 Å². The zero-order valence-corrected chi connectivity index (χ0v) is 24.0. The van der Waals surface area contributed by atoms with Crippen molar-refractivity contribution < 1.29 is 5.11 Å². The van der Waals surface area contributed by atoms with Gasteiger partial charge in [-0.3, -0.25) is 0 Å². The molecule has 10 heteroatoms. The van der Waals surface area contributed by atoms with E-state index in [9.17, 15) is 5.11 Å². The molecule has 5 heterocycles. The molecule has 3 fully saturated rings. The Hall–Kier alpha value is -2.41. The highest BCUT2D eigenvalue weighted by Crippen LogP contribution is 2.35. The molecule has 6 rings (SSSR count). The number of likely N-dealkylation sites (tertiary alicyclic amines) is 2. The first-order chi connectivity index (χ1) is 18.9. The van der Waals surface area contributed by atoms with Crippen LogP contribution in [0.25, 0.3) is 11.2 Å². The van der Waals surface area contributed by atoms with E-state index in [2.05, 4.69) is 40.5 Å². The number of rotatable bonds is 6. The number of nitrogens with zero attached hydrogens (tertiary/aromatic N) is 7. The number of aromatic nitrogens is 4. The van der Waals surface area contributed by atoms with Crippen LogP contribution < -0.4 is 4.90 Å². The average Bonchev–Trinajstić information content (AvgIpc) is 3.23. The van der Waals surface area contributed by atoms with Crippen LogP contribution in [0.2, 0.25) is 10.0 Å². The second-order valence-electron chi connectivity index (χ2n) is 11.3. The van der Waals surface area contributed by atoms with E-state index in [1.807, 2.05) is 23.0 Å². The Morgan fingerprint density at radius 1 is 1.13 bits per heavy atom. The van der Waals surface area contributed by atoms with Gasteiger partial charge in [0.25, 0.3) is 0 Å². The van der Waals surface area contributed by atoms with Crippen molar-refractivity contribution in [3.05, 3.63) is 45.7 Å². The first-order valence-electron chi connectivity index (χ1n) is 13.9. The van der Waals surface area contributed by atoms with Gasteiger partial charge in [0.15, 0.2) is 11.3 Å². The number of β-amino-alcohol motifs (C(OH)–C–C–N with tert-alkyl or cyclic N) is 1. The lowest BCUT2D eigenvalue weighted by atomic mass is 9.80. The van der Waals surface area contributed by atoms with Crippen LogP contribution >= 0.6 is 23.2 Å². The number of aliphatic hydroxyl groups excluding tert-OH is 1. The molecule has 0 radical (unpaired) electrons. The zero-order valence-electron chi connectivity index (χ0n) is 22.5. The molecule has 0 amide bonds. The van der Waals surface area contributed by atoms with E-state index in [1.54, 1.807) is 6.07 Å². The van der Waals surface area contributed by atoms with Gasteiger partial charge in [-0.1, -0.05) is 35.2 Å². The van der Waals surface area contributed by atoms with Crippen molar-refractivity contribution in [2.24, 2.45) is 17.8 Å². The molecule has 1 aromatic carbocycles. The van der Waals surface area contributed by atoms with Crippen molar-refractivity contribution >= 4 is 40.2 Å². The van der Waals surface area contributed by atoms with Gasteiger partial charge in [0, 0.05) is 55.2 Å². The van der Waals surface area contributed by atoms with Gasteiger partial charge < -0.3 is 19.8 Å². The predicted octanol–water partition coefficient (Wildman–Crippen LogP) is 3.80. The standard InChI is InChI=1S/C29H35Cl2N7O/c1-19(24-7-6-23(30)12-25(24)31)38-29-28(26(34-38)8-5-20-14-35(2)15-20)32-13-27(33-29)37-17-22(18-37)21-4-3-9-36(16-21)10-11-39/h6-7,12-13,19-22,39H,3-4,9-11,14-18H2,1-2H3/t19-,21+/m1/s1. The van der Waals surface area contributed by atoms with Crippen LogP contribution in [-0.4, -0.2) is 94.1 Å². The monoisotopic (exact) mass is 567 g/mol. The summed E-state index contributed by atoms with van der Waals surface area (Å²) in [6.45, 7) is 9.16. The molecule has 0 spiro atoms. The third kappa shape index (κ3) is 5.48. The molecule has 3 aromatic rings. The number of anilines is 1. The summed E-state index contributed by atoms with van der Waals surface area (Å²) in [6, 6.07) is 5.39. The third-order valence-corrected chi connectivity index (χ3v) is 9.05. The molecule has 2 atom stereocenters. The third-order valence-electron chi connectivity index (χ3n) is 8.49. The molecule has 3 aliphatic rings. The molecule has 0 unspecified atom stereocenters. The maximum absolute atomic E-state index is 9.35. The van der Waals surface area contributed by atoms with E-state index in [4.69, 9.17) is 38.3 Å². The average molecular weight is 569 g/mol. The van der Waals surface area contributed by atoms with Crippen LogP contribution in [0.4, 0.5) is 5.82 Å². The van der Waals surface area contributed by atoms with E-state index in [0.717, 1.165) is 68.4 Å². The van der Waals surface area contributed by atoms with E-state index in [0.29, 0.717) is 33.5 Å². The van der Waals surface area contributed by atoms with E-state index in [-0.39, 0.29) is 12.6 Å². The van der Waals surface area contributed by atoms with Crippen molar-refractivity contribution in [3.63, 3.8) is 0 Å². The molecular formula is C29H35Cl2N7O. The van der Waals surface area contributed by atoms with Gasteiger partial charge in [0.05, 0.1) is 18.8 Å². The lowest BCUT2D eigenvalue weighted by Gasteiger charge is -2.47. The number of fused-ring (bicyclic) bond motifs is 1. The largest absolute Gasteiger partial charge is 0.395 e. The number of benzene rings is 1. The molecule has 0 aliphatic carbocycles. The van der Waals surface area contributed by atoms with Gasteiger partial charge in [-0.25, -0.2) is 14.6 Å². The fraction of sp³-hybridized carbons (Fsp3) is 0.552.